The molecule has 2 rings (SSSR count). The molecule has 1 nitrogen and oxygen atoms in total. The number of benzene rings is 2. The van der Waals surface area contributed by atoms with Gasteiger partial charge >= 0.3 is 0 Å². The Bertz CT molecular complexity index is 419. The van der Waals surface area contributed by atoms with Crippen LogP contribution in [0.5, 0.6) is 5.75 Å². The fourth-order valence-corrected chi connectivity index (χ4v) is 1.79. The number of hydrogen-bond acceptors (Lipinski definition) is 1. The Balaban J connectivity index is 0.00000162. The molecular formula is C15H14BrOW-. The van der Waals surface area contributed by atoms with E-state index >= 15 is 0 Å². The van der Waals surface area contributed by atoms with Crippen LogP contribution in [0.15, 0.2) is 53.0 Å². The fourth-order valence-electron chi connectivity index (χ4n) is 1.52. The zero-order valence-electron chi connectivity index (χ0n) is 9.93. The van der Waals surface area contributed by atoms with Crippen LogP contribution >= 0.6 is 15.9 Å². The van der Waals surface area contributed by atoms with Crippen molar-refractivity contribution in [3.63, 3.8) is 0 Å². The molecule has 0 aromatic heterocycles. The summed E-state index contributed by atoms with van der Waals surface area (Å²) >= 11 is 3.40. The molecule has 3 heteroatoms. The Morgan fingerprint density at radius 3 is 2.17 bits per heavy atom. The Labute approximate surface area is 131 Å². The van der Waals surface area contributed by atoms with Crippen molar-refractivity contribution in [2.75, 3.05) is 6.61 Å². The summed E-state index contributed by atoms with van der Waals surface area (Å²) < 4.78 is 6.72. The van der Waals surface area contributed by atoms with Crippen LogP contribution in [0.1, 0.15) is 11.1 Å². The molecule has 0 atom stereocenters. The van der Waals surface area contributed by atoms with Gasteiger partial charge in [-0.3, -0.25) is 0 Å². The van der Waals surface area contributed by atoms with Crippen molar-refractivity contribution >= 4 is 15.9 Å². The van der Waals surface area contributed by atoms with Gasteiger partial charge in [-0.1, -0.05) is 21.5 Å². The number of ether oxygens (including phenoxy) is 1. The summed E-state index contributed by atoms with van der Waals surface area (Å²) in [5.74, 6) is 0.905. The normalized spacial score (nSPS) is 9.61. The molecule has 18 heavy (non-hydrogen) atoms. The van der Waals surface area contributed by atoms with Gasteiger partial charge in [-0.15, -0.1) is 12.1 Å². The number of hydrogen-bond donors (Lipinski definition) is 0. The second kappa shape index (κ2) is 7.66. The quantitative estimate of drug-likeness (QED) is 0.603. The second-order valence-corrected chi connectivity index (χ2v) is 4.78. The molecule has 0 unspecified atom stereocenters. The van der Waals surface area contributed by atoms with E-state index in [2.05, 4.69) is 35.0 Å². The Morgan fingerprint density at radius 1 is 0.944 bits per heavy atom. The summed E-state index contributed by atoms with van der Waals surface area (Å²) in [6.45, 7) is 4.55. The summed E-state index contributed by atoms with van der Waals surface area (Å²) in [6, 6.07) is 16.1. The van der Waals surface area contributed by atoms with E-state index in [-0.39, 0.29) is 21.1 Å². The molecule has 0 fully saturated rings. The van der Waals surface area contributed by atoms with E-state index in [1.807, 2.05) is 36.4 Å². The Kier molecular flexibility index (Phi) is 6.52. The maximum atomic E-state index is 5.66. The van der Waals surface area contributed by atoms with Crippen LogP contribution in [0, 0.1) is 6.92 Å². The van der Waals surface area contributed by atoms with Crippen molar-refractivity contribution in [3.8, 4) is 5.75 Å². The van der Waals surface area contributed by atoms with Crippen LogP contribution in [0.3, 0.4) is 0 Å². The van der Waals surface area contributed by atoms with E-state index in [1.54, 1.807) is 0 Å². The summed E-state index contributed by atoms with van der Waals surface area (Å²) in [5.41, 5.74) is 2.32. The Morgan fingerprint density at radius 2 is 1.56 bits per heavy atom. The minimum atomic E-state index is 0. The topological polar surface area (TPSA) is 9.23 Å². The van der Waals surface area contributed by atoms with Gasteiger partial charge in [0.05, 0.1) is 6.61 Å². The van der Waals surface area contributed by atoms with Gasteiger partial charge in [0.15, 0.2) is 0 Å². The molecule has 0 aliphatic heterocycles. The molecule has 0 radical (unpaired) electrons. The molecule has 2 aromatic rings. The minimum Gasteiger partial charge on any atom is -0.493 e. The summed E-state index contributed by atoms with van der Waals surface area (Å²) in [6.07, 6.45) is 0.913. The molecule has 0 saturated carbocycles. The van der Waals surface area contributed by atoms with Crippen LogP contribution in [0.25, 0.3) is 0 Å². The smallest absolute Gasteiger partial charge is 0.119 e. The van der Waals surface area contributed by atoms with Crippen molar-refractivity contribution in [2.45, 2.75) is 6.42 Å². The first-order valence-electron chi connectivity index (χ1n) is 5.53. The fraction of sp³-hybridized carbons (Fsp3) is 0.133. The van der Waals surface area contributed by atoms with Gasteiger partial charge in [0.1, 0.15) is 5.75 Å². The number of halogens is 1. The van der Waals surface area contributed by atoms with E-state index in [9.17, 15) is 0 Å². The first-order valence-corrected chi connectivity index (χ1v) is 6.32. The van der Waals surface area contributed by atoms with Gasteiger partial charge in [-0.05, 0) is 24.3 Å². The third-order valence-corrected chi connectivity index (χ3v) is 3.02. The van der Waals surface area contributed by atoms with Gasteiger partial charge in [-0.25, -0.2) is 0 Å². The molecule has 0 amide bonds. The van der Waals surface area contributed by atoms with Crippen LogP contribution in [-0.2, 0) is 27.5 Å². The third kappa shape index (κ3) is 4.87. The van der Waals surface area contributed by atoms with Gasteiger partial charge in [0.2, 0.25) is 0 Å². The summed E-state index contributed by atoms with van der Waals surface area (Å²) in [4.78, 5) is 0. The van der Waals surface area contributed by atoms with Gasteiger partial charge in [-0.2, -0.15) is 24.6 Å². The SMILES string of the molecule is [CH2-]c1ccc(CCOc2ccc(Br)cc2)cc1.[W]. The Hall–Kier alpha value is -0.722. The summed E-state index contributed by atoms with van der Waals surface area (Å²) in [5, 5.41) is 0. The largest absolute Gasteiger partial charge is 0.493 e. The van der Waals surface area contributed by atoms with Crippen molar-refractivity contribution in [2.24, 2.45) is 0 Å². The number of rotatable bonds is 4. The zero-order chi connectivity index (χ0) is 12.1. The monoisotopic (exact) mass is 473 g/mol. The van der Waals surface area contributed by atoms with Crippen molar-refractivity contribution in [1.29, 1.82) is 0 Å². The average molecular weight is 474 g/mol. The summed E-state index contributed by atoms with van der Waals surface area (Å²) in [7, 11) is 0. The van der Waals surface area contributed by atoms with Crippen LogP contribution in [0.2, 0.25) is 0 Å². The van der Waals surface area contributed by atoms with E-state index in [0.717, 1.165) is 22.2 Å². The second-order valence-electron chi connectivity index (χ2n) is 3.87. The standard InChI is InChI=1S/C15H14BrO.W/c1-12-2-4-13(5-3-12)10-11-17-15-8-6-14(16)7-9-15;/h2-9H,1,10-11H2;/q-1;. The molecule has 0 aliphatic rings. The van der Waals surface area contributed by atoms with E-state index < -0.39 is 0 Å². The van der Waals surface area contributed by atoms with Gasteiger partial charge in [0.25, 0.3) is 0 Å². The maximum absolute atomic E-state index is 5.66. The molecule has 2 aromatic carbocycles. The van der Waals surface area contributed by atoms with E-state index in [1.165, 1.54) is 5.56 Å². The van der Waals surface area contributed by atoms with Crippen LogP contribution in [0.4, 0.5) is 0 Å². The molecule has 0 spiro atoms. The van der Waals surface area contributed by atoms with Crippen LogP contribution < -0.4 is 4.74 Å². The molecule has 94 valence electrons. The van der Waals surface area contributed by atoms with Crippen molar-refractivity contribution in [1.82, 2.24) is 0 Å². The maximum Gasteiger partial charge on any atom is 0.119 e. The van der Waals surface area contributed by atoms with Crippen LogP contribution in [-0.4, -0.2) is 6.61 Å². The molecule has 0 saturated heterocycles. The van der Waals surface area contributed by atoms with E-state index in [0.29, 0.717) is 6.61 Å². The van der Waals surface area contributed by atoms with Crippen molar-refractivity contribution in [3.05, 3.63) is 71.1 Å². The van der Waals surface area contributed by atoms with Gasteiger partial charge in [0, 0.05) is 32.0 Å². The predicted molar refractivity (Wildman–Crippen MR) is 74.2 cm³/mol. The van der Waals surface area contributed by atoms with E-state index in [4.69, 9.17) is 4.74 Å². The average Bonchev–Trinajstić information content (AvgIpc) is 2.34. The third-order valence-electron chi connectivity index (χ3n) is 2.50. The molecule has 0 heterocycles. The van der Waals surface area contributed by atoms with Crippen molar-refractivity contribution < 1.29 is 25.8 Å². The first kappa shape index (κ1) is 15.3. The molecule has 0 bridgehead atoms. The minimum absolute atomic E-state index is 0. The first-order chi connectivity index (χ1) is 8.24. The molecule has 0 aliphatic carbocycles. The molecular weight excluding hydrogens is 460 g/mol. The zero-order valence-corrected chi connectivity index (χ0v) is 14.5. The van der Waals surface area contributed by atoms with Gasteiger partial charge < -0.3 is 4.74 Å². The predicted octanol–water partition coefficient (Wildman–Crippen LogP) is 4.25. The molecule has 0 N–H and O–H groups in total.